The number of piperidine rings is 1. The summed E-state index contributed by atoms with van der Waals surface area (Å²) in [5, 5.41) is 0.689. The van der Waals surface area contributed by atoms with Gasteiger partial charge in [-0.15, -0.1) is 0 Å². The van der Waals surface area contributed by atoms with Crippen LogP contribution in [0.1, 0.15) is 25.7 Å². The van der Waals surface area contributed by atoms with Gasteiger partial charge in [-0.25, -0.2) is 0 Å². The van der Waals surface area contributed by atoms with Gasteiger partial charge >= 0.3 is 0 Å². The Hall–Kier alpha value is -0.540. The third kappa shape index (κ3) is 3.46. The zero-order valence-corrected chi connectivity index (χ0v) is 11.1. The zero-order valence-electron chi connectivity index (χ0n) is 10.3. The molecule has 0 aliphatic carbocycles. The summed E-state index contributed by atoms with van der Waals surface area (Å²) in [5.74, 6) is 0.625. The summed E-state index contributed by atoms with van der Waals surface area (Å²) < 4.78 is 0. The summed E-state index contributed by atoms with van der Waals surface area (Å²) in [7, 11) is 0. The lowest BCUT2D eigenvalue weighted by molar-refractivity contribution is -0.135. The van der Waals surface area contributed by atoms with Crippen LogP contribution in [-0.2, 0) is 4.79 Å². The molecule has 0 aromatic rings. The van der Waals surface area contributed by atoms with E-state index in [2.05, 4.69) is 11.5 Å². The number of nitrogens with zero attached hydrogens (tertiary/aromatic N) is 2. The fourth-order valence-corrected chi connectivity index (χ4v) is 2.95. The molecule has 96 valence electrons. The predicted molar refractivity (Wildman–Crippen MR) is 70.0 cm³/mol. The third-order valence-electron chi connectivity index (χ3n) is 3.75. The molecule has 0 radical (unpaired) electrons. The Morgan fingerprint density at radius 3 is 2.29 bits per heavy atom. The number of hydrogen-bond donors (Lipinski definition) is 0. The number of rotatable bonds is 3. The Morgan fingerprint density at radius 1 is 1.18 bits per heavy atom. The van der Waals surface area contributed by atoms with Crippen LogP contribution in [0.5, 0.6) is 0 Å². The van der Waals surface area contributed by atoms with Gasteiger partial charge < -0.3 is 4.90 Å². The first-order valence-corrected chi connectivity index (χ1v) is 6.89. The maximum Gasteiger partial charge on any atom is 0.225 e. The summed E-state index contributed by atoms with van der Waals surface area (Å²) in [6.07, 6.45) is 4.30. The molecule has 0 N–H and O–H groups in total. The van der Waals surface area contributed by atoms with E-state index in [4.69, 9.17) is 11.6 Å². The average Bonchev–Trinajstić information content (AvgIpc) is 2.82. The smallest absolute Gasteiger partial charge is 0.225 e. The first-order chi connectivity index (χ1) is 8.16. The Labute approximate surface area is 108 Å². The standard InChI is InChI=1S/C13H21ClN2O/c1-11(14)10-15-8-4-12(5-9-15)13(17)16-6-2-3-7-16/h12H,1-10H2. The molecule has 0 bridgehead atoms. The van der Waals surface area contributed by atoms with Crippen LogP contribution in [0, 0.1) is 5.92 Å². The van der Waals surface area contributed by atoms with Crippen molar-refractivity contribution in [2.24, 2.45) is 5.92 Å². The van der Waals surface area contributed by atoms with Crippen LogP contribution in [0.25, 0.3) is 0 Å². The number of carbonyl (C=O) groups excluding carboxylic acids is 1. The second-order valence-corrected chi connectivity index (χ2v) is 5.63. The maximum absolute atomic E-state index is 12.2. The van der Waals surface area contributed by atoms with Gasteiger partial charge in [0.1, 0.15) is 0 Å². The van der Waals surface area contributed by atoms with Crippen LogP contribution in [0.15, 0.2) is 11.6 Å². The van der Waals surface area contributed by atoms with E-state index in [1.807, 2.05) is 4.90 Å². The Balaban J connectivity index is 1.78. The van der Waals surface area contributed by atoms with Gasteiger partial charge in [0.05, 0.1) is 0 Å². The monoisotopic (exact) mass is 256 g/mol. The van der Waals surface area contributed by atoms with Gasteiger partial charge in [-0.3, -0.25) is 9.69 Å². The van der Waals surface area contributed by atoms with E-state index in [0.29, 0.717) is 10.9 Å². The van der Waals surface area contributed by atoms with Crippen LogP contribution < -0.4 is 0 Å². The highest BCUT2D eigenvalue weighted by Crippen LogP contribution is 2.22. The lowest BCUT2D eigenvalue weighted by atomic mass is 9.95. The van der Waals surface area contributed by atoms with E-state index < -0.39 is 0 Å². The van der Waals surface area contributed by atoms with Crippen LogP contribution in [0.4, 0.5) is 0 Å². The van der Waals surface area contributed by atoms with Crippen LogP contribution in [0.2, 0.25) is 0 Å². The minimum Gasteiger partial charge on any atom is -0.342 e. The second kappa shape index (κ2) is 5.87. The normalized spacial score (nSPS) is 23.0. The first-order valence-electron chi connectivity index (χ1n) is 6.51. The lowest BCUT2D eigenvalue weighted by Gasteiger charge is -2.32. The minimum atomic E-state index is 0.243. The van der Waals surface area contributed by atoms with Crippen LogP contribution >= 0.6 is 11.6 Å². The molecule has 4 heteroatoms. The topological polar surface area (TPSA) is 23.6 Å². The van der Waals surface area contributed by atoms with Crippen molar-refractivity contribution < 1.29 is 4.79 Å². The summed E-state index contributed by atoms with van der Waals surface area (Å²) in [5.41, 5.74) is 0. The molecule has 17 heavy (non-hydrogen) atoms. The maximum atomic E-state index is 12.2. The van der Waals surface area contributed by atoms with Crippen molar-refractivity contribution in [1.29, 1.82) is 0 Å². The molecule has 0 aromatic heterocycles. The van der Waals surface area contributed by atoms with Gasteiger partial charge in [0.15, 0.2) is 0 Å². The molecule has 3 nitrogen and oxygen atoms in total. The molecule has 0 aromatic carbocycles. The van der Waals surface area contributed by atoms with Gasteiger partial charge in [0.2, 0.25) is 5.91 Å². The van der Waals surface area contributed by atoms with E-state index in [0.717, 1.165) is 45.6 Å². The van der Waals surface area contributed by atoms with Gasteiger partial charge in [0.25, 0.3) is 0 Å². The van der Waals surface area contributed by atoms with E-state index in [1.54, 1.807) is 0 Å². The van der Waals surface area contributed by atoms with E-state index in [1.165, 1.54) is 12.8 Å². The molecule has 0 spiro atoms. The highest BCUT2D eigenvalue weighted by Gasteiger charge is 2.29. The van der Waals surface area contributed by atoms with Crippen molar-refractivity contribution >= 4 is 17.5 Å². The van der Waals surface area contributed by atoms with Crippen molar-refractivity contribution in [3.8, 4) is 0 Å². The van der Waals surface area contributed by atoms with Crippen molar-refractivity contribution in [2.75, 3.05) is 32.7 Å². The molecular formula is C13H21ClN2O. The van der Waals surface area contributed by atoms with E-state index in [9.17, 15) is 4.79 Å². The molecule has 2 saturated heterocycles. The van der Waals surface area contributed by atoms with Crippen molar-refractivity contribution in [3.05, 3.63) is 11.6 Å². The van der Waals surface area contributed by atoms with E-state index in [-0.39, 0.29) is 5.92 Å². The van der Waals surface area contributed by atoms with Crippen LogP contribution in [0.3, 0.4) is 0 Å². The fraction of sp³-hybridized carbons (Fsp3) is 0.769. The number of likely N-dealkylation sites (tertiary alicyclic amines) is 2. The molecule has 0 atom stereocenters. The van der Waals surface area contributed by atoms with Crippen molar-refractivity contribution in [1.82, 2.24) is 9.80 Å². The number of amides is 1. The molecule has 0 unspecified atom stereocenters. The Kier molecular flexibility index (Phi) is 4.46. The van der Waals surface area contributed by atoms with Crippen molar-refractivity contribution in [3.63, 3.8) is 0 Å². The third-order valence-corrected chi connectivity index (χ3v) is 3.87. The Morgan fingerprint density at radius 2 is 1.76 bits per heavy atom. The molecule has 1 amide bonds. The molecule has 2 aliphatic rings. The largest absolute Gasteiger partial charge is 0.342 e. The summed E-state index contributed by atoms with van der Waals surface area (Å²) in [6, 6.07) is 0. The molecule has 2 rings (SSSR count). The first kappa shape index (κ1) is 12.9. The number of carbonyl (C=O) groups is 1. The lowest BCUT2D eigenvalue weighted by Crippen LogP contribution is -2.41. The molecule has 2 fully saturated rings. The average molecular weight is 257 g/mol. The SMILES string of the molecule is C=C(Cl)CN1CCC(C(=O)N2CCCC2)CC1. The summed E-state index contributed by atoms with van der Waals surface area (Å²) in [4.78, 5) is 16.5. The molecule has 2 aliphatic heterocycles. The van der Waals surface area contributed by atoms with Gasteiger partial charge in [0, 0.05) is 30.6 Å². The minimum absolute atomic E-state index is 0.243. The van der Waals surface area contributed by atoms with Gasteiger partial charge in [-0.05, 0) is 38.8 Å². The highest BCUT2D eigenvalue weighted by atomic mass is 35.5. The number of halogens is 1. The highest BCUT2D eigenvalue weighted by molar-refractivity contribution is 6.29. The molecule has 2 heterocycles. The Bertz CT molecular complexity index is 292. The van der Waals surface area contributed by atoms with Gasteiger partial charge in [-0.2, -0.15) is 0 Å². The molecular weight excluding hydrogens is 236 g/mol. The quantitative estimate of drug-likeness (QED) is 0.772. The molecule has 0 saturated carbocycles. The zero-order chi connectivity index (χ0) is 12.3. The predicted octanol–water partition coefficient (Wildman–Crippen LogP) is 2.07. The summed E-state index contributed by atoms with van der Waals surface area (Å²) in [6.45, 7) is 8.35. The van der Waals surface area contributed by atoms with Crippen molar-refractivity contribution in [2.45, 2.75) is 25.7 Å². The second-order valence-electron chi connectivity index (χ2n) is 5.10. The number of hydrogen-bond acceptors (Lipinski definition) is 2. The van der Waals surface area contributed by atoms with Crippen LogP contribution in [-0.4, -0.2) is 48.4 Å². The van der Waals surface area contributed by atoms with E-state index >= 15 is 0 Å². The summed E-state index contributed by atoms with van der Waals surface area (Å²) >= 11 is 5.80. The fourth-order valence-electron chi connectivity index (χ4n) is 2.78. The van der Waals surface area contributed by atoms with Gasteiger partial charge in [-0.1, -0.05) is 18.2 Å².